The monoisotopic (exact) mass is 477 g/mol. The van der Waals surface area contributed by atoms with E-state index < -0.39 is 7.14 Å². The third kappa shape index (κ3) is 4.27. The number of rotatable bonds is 5. The summed E-state index contributed by atoms with van der Waals surface area (Å²) in [5.41, 5.74) is 3.38. The van der Waals surface area contributed by atoms with Gasteiger partial charge in [0.15, 0.2) is 0 Å². The molecule has 1 aliphatic carbocycles. The highest BCUT2D eigenvalue weighted by Crippen LogP contribution is 2.41. The molecule has 144 valence electrons. The molecule has 0 bridgehead atoms. The minimum atomic E-state index is -2.58. The predicted octanol–water partition coefficient (Wildman–Crippen LogP) is 5.22. The van der Waals surface area contributed by atoms with Crippen LogP contribution >= 0.6 is 34.7 Å². The molecule has 0 aliphatic heterocycles. The van der Waals surface area contributed by atoms with E-state index in [0.29, 0.717) is 27.2 Å². The molecule has 0 atom stereocenters. The molecule has 0 saturated heterocycles. The Hall–Kier alpha value is -1.82. The van der Waals surface area contributed by atoms with E-state index >= 15 is 0 Å². The summed E-state index contributed by atoms with van der Waals surface area (Å²) in [6, 6.07) is 9.72. The molecule has 1 fully saturated rings. The number of nitrogens with one attached hydrogen (secondary N) is 1. The lowest BCUT2D eigenvalue weighted by Gasteiger charge is -2.17. The largest absolute Gasteiger partial charge is 0.339 e. The smallest absolute Gasteiger partial charge is 0.224 e. The summed E-state index contributed by atoms with van der Waals surface area (Å²) in [7, 11) is -2.58. The lowest BCUT2D eigenvalue weighted by Crippen LogP contribution is -2.11. The third-order valence-corrected chi connectivity index (χ3v) is 6.81. The molecular formula is C19H18BrClN5OP. The zero-order valence-corrected chi connectivity index (χ0v) is 18.6. The van der Waals surface area contributed by atoms with Crippen LogP contribution in [0.15, 0.2) is 41.0 Å². The SMILES string of the molecule is CP(C)(=O)c1cc(-c2ccc(C3CC3)nn2)ccc1Nc1nc(Cl)ncc1Br. The topological polar surface area (TPSA) is 80.7 Å². The first kappa shape index (κ1) is 19.5. The number of nitrogens with zero attached hydrogens (tertiary/aromatic N) is 4. The fourth-order valence-corrected chi connectivity index (χ4v) is 4.48. The summed E-state index contributed by atoms with van der Waals surface area (Å²) in [5, 5.41) is 12.8. The predicted molar refractivity (Wildman–Crippen MR) is 117 cm³/mol. The Balaban J connectivity index is 1.71. The van der Waals surface area contributed by atoms with Crippen molar-refractivity contribution in [3.8, 4) is 11.3 Å². The van der Waals surface area contributed by atoms with E-state index in [4.69, 9.17) is 11.6 Å². The minimum Gasteiger partial charge on any atom is -0.339 e. The fourth-order valence-electron chi connectivity index (χ4n) is 2.90. The lowest BCUT2D eigenvalue weighted by molar-refractivity contribution is 0.588. The van der Waals surface area contributed by atoms with Crippen LogP contribution in [0, 0.1) is 0 Å². The van der Waals surface area contributed by atoms with Gasteiger partial charge in [-0.1, -0.05) is 6.07 Å². The second-order valence-corrected chi connectivity index (χ2v) is 11.5. The van der Waals surface area contributed by atoms with Crippen LogP contribution in [0.2, 0.25) is 5.28 Å². The second-order valence-electron chi connectivity index (χ2n) is 7.16. The zero-order valence-electron chi connectivity index (χ0n) is 15.4. The molecular weight excluding hydrogens is 461 g/mol. The van der Waals surface area contributed by atoms with Crippen molar-refractivity contribution in [2.24, 2.45) is 0 Å². The van der Waals surface area contributed by atoms with E-state index in [1.165, 1.54) is 12.8 Å². The van der Waals surface area contributed by atoms with E-state index in [1.54, 1.807) is 19.5 Å². The molecule has 1 aromatic carbocycles. The molecule has 1 saturated carbocycles. The molecule has 2 heterocycles. The van der Waals surface area contributed by atoms with Gasteiger partial charge in [-0.05, 0) is 78.0 Å². The first-order valence-electron chi connectivity index (χ1n) is 8.80. The number of hydrogen-bond acceptors (Lipinski definition) is 6. The highest BCUT2D eigenvalue weighted by atomic mass is 79.9. The number of hydrogen-bond donors (Lipinski definition) is 1. The maximum absolute atomic E-state index is 13.0. The Morgan fingerprint density at radius 1 is 1.18 bits per heavy atom. The van der Waals surface area contributed by atoms with Crippen molar-refractivity contribution in [2.75, 3.05) is 18.6 Å². The maximum Gasteiger partial charge on any atom is 0.224 e. The van der Waals surface area contributed by atoms with Crippen molar-refractivity contribution >= 4 is 51.5 Å². The molecule has 0 radical (unpaired) electrons. The lowest BCUT2D eigenvalue weighted by atomic mass is 10.1. The molecule has 9 heteroatoms. The molecule has 28 heavy (non-hydrogen) atoms. The van der Waals surface area contributed by atoms with Crippen LogP contribution in [0.3, 0.4) is 0 Å². The van der Waals surface area contributed by atoms with Gasteiger partial charge >= 0.3 is 0 Å². The number of halogens is 2. The van der Waals surface area contributed by atoms with Crippen LogP contribution < -0.4 is 10.6 Å². The number of benzene rings is 1. The van der Waals surface area contributed by atoms with Gasteiger partial charge in [-0.15, -0.1) is 0 Å². The molecule has 1 N–H and O–H groups in total. The van der Waals surface area contributed by atoms with Gasteiger partial charge in [0.25, 0.3) is 0 Å². The summed E-state index contributed by atoms with van der Waals surface area (Å²) >= 11 is 9.31. The van der Waals surface area contributed by atoms with Gasteiger partial charge in [0.2, 0.25) is 5.28 Å². The van der Waals surface area contributed by atoms with Crippen LogP contribution in [-0.2, 0) is 4.57 Å². The molecule has 4 rings (SSSR count). The van der Waals surface area contributed by atoms with E-state index in [1.807, 2.05) is 30.3 Å². The van der Waals surface area contributed by atoms with Gasteiger partial charge in [0.1, 0.15) is 13.0 Å². The summed E-state index contributed by atoms with van der Waals surface area (Å²) in [6.45, 7) is 3.47. The van der Waals surface area contributed by atoms with Crippen molar-refractivity contribution in [1.82, 2.24) is 20.2 Å². The van der Waals surface area contributed by atoms with E-state index in [-0.39, 0.29) is 5.28 Å². The Kier molecular flexibility index (Phi) is 5.25. The highest BCUT2D eigenvalue weighted by molar-refractivity contribution is 9.10. The first-order valence-corrected chi connectivity index (χ1v) is 12.6. The zero-order chi connectivity index (χ0) is 19.9. The molecule has 1 aliphatic rings. The first-order chi connectivity index (χ1) is 13.3. The van der Waals surface area contributed by atoms with Crippen LogP contribution in [0.1, 0.15) is 24.5 Å². The number of anilines is 2. The van der Waals surface area contributed by atoms with Crippen LogP contribution in [-0.4, -0.2) is 33.5 Å². The normalized spacial score (nSPS) is 14.1. The number of aromatic nitrogens is 4. The van der Waals surface area contributed by atoms with Gasteiger partial charge in [0, 0.05) is 23.0 Å². The third-order valence-electron chi connectivity index (χ3n) is 4.52. The van der Waals surface area contributed by atoms with Crippen molar-refractivity contribution in [3.05, 3.63) is 52.0 Å². The quantitative estimate of drug-likeness (QED) is 0.400. The van der Waals surface area contributed by atoms with Gasteiger partial charge in [0.05, 0.1) is 21.5 Å². The van der Waals surface area contributed by atoms with Crippen molar-refractivity contribution in [1.29, 1.82) is 0 Å². The van der Waals surface area contributed by atoms with E-state index in [2.05, 4.69) is 41.4 Å². The molecule has 2 aromatic heterocycles. The van der Waals surface area contributed by atoms with Crippen molar-refractivity contribution < 1.29 is 4.57 Å². The Morgan fingerprint density at radius 2 is 1.96 bits per heavy atom. The molecule has 3 aromatic rings. The van der Waals surface area contributed by atoms with Crippen molar-refractivity contribution in [2.45, 2.75) is 18.8 Å². The molecule has 0 spiro atoms. The van der Waals surface area contributed by atoms with Crippen LogP contribution in [0.4, 0.5) is 11.5 Å². The van der Waals surface area contributed by atoms with Gasteiger partial charge in [-0.2, -0.15) is 15.2 Å². The summed E-state index contributed by atoms with van der Waals surface area (Å²) in [6.07, 6.45) is 3.95. The summed E-state index contributed by atoms with van der Waals surface area (Å²) < 4.78 is 13.6. The second kappa shape index (κ2) is 7.54. The maximum atomic E-state index is 13.0. The standard InChI is InChI=1S/C19H18BrClN5OP/c1-28(2,27)17-9-12(15-8-7-14(25-26-15)11-3-4-11)5-6-16(17)23-18-13(20)10-22-19(21)24-18/h5-11H,3-4H2,1-2H3,(H,22,23,24). The van der Waals surface area contributed by atoms with Gasteiger partial charge in [-0.25, -0.2) is 4.98 Å². The van der Waals surface area contributed by atoms with Gasteiger partial charge in [-0.3, -0.25) is 0 Å². The van der Waals surface area contributed by atoms with Crippen molar-refractivity contribution in [3.63, 3.8) is 0 Å². The summed E-state index contributed by atoms with van der Waals surface area (Å²) in [4.78, 5) is 8.12. The van der Waals surface area contributed by atoms with E-state index in [0.717, 1.165) is 17.0 Å². The average Bonchev–Trinajstić information content (AvgIpc) is 3.50. The Bertz CT molecular complexity index is 1080. The molecule has 0 unspecified atom stereocenters. The highest BCUT2D eigenvalue weighted by Gasteiger charge is 2.25. The van der Waals surface area contributed by atoms with E-state index in [9.17, 15) is 4.57 Å². The molecule has 0 amide bonds. The Labute approximate surface area is 176 Å². The van der Waals surface area contributed by atoms with Crippen LogP contribution in [0.5, 0.6) is 0 Å². The Morgan fingerprint density at radius 3 is 2.61 bits per heavy atom. The average molecular weight is 479 g/mol. The minimum absolute atomic E-state index is 0.131. The fraction of sp³-hybridized carbons (Fsp3) is 0.263. The van der Waals surface area contributed by atoms with Gasteiger partial charge < -0.3 is 9.88 Å². The van der Waals surface area contributed by atoms with Crippen LogP contribution in [0.25, 0.3) is 11.3 Å². The molecule has 6 nitrogen and oxygen atoms in total. The summed E-state index contributed by atoms with van der Waals surface area (Å²) in [5.74, 6) is 1.07.